The minimum absolute atomic E-state index is 0.00434. The molecule has 0 spiro atoms. The van der Waals surface area contributed by atoms with Gasteiger partial charge in [0.1, 0.15) is 11.9 Å². The molecule has 0 aromatic heterocycles. The largest absolute Gasteiger partial charge is 0.573 e. The van der Waals surface area contributed by atoms with Crippen LogP contribution in [0.25, 0.3) is 0 Å². The molecule has 0 radical (unpaired) electrons. The number of nitrogens with one attached hydrogen (secondary N) is 1. The molecule has 1 N–H and O–H groups in total. The van der Waals surface area contributed by atoms with E-state index in [1.165, 1.54) is 12.1 Å². The summed E-state index contributed by atoms with van der Waals surface area (Å²) in [6.45, 7) is 0.814. The van der Waals surface area contributed by atoms with Crippen molar-refractivity contribution in [3.05, 3.63) is 29.8 Å². The van der Waals surface area contributed by atoms with Crippen LogP contribution in [0.15, 0.2) is 24.3 Å². The standard InChI is InChI=1S/C14H15F3N2O2/c15-14(16,17)21-10-6-4-9(5-7-10)12-18-13(20)11-3-1-2-8-19(11)12/h4-7,11-12H,1-3,8H2,(H,18,20). The van der Waals surface area contributed by atoms with Crippen molar-refractivity contribution >= 4 is 5.91 Å². The van der Waals surface area contributed by atoms with Crippen LogP contribution in [-0.2, 0) is 4.79 Å². The number of rotatable bonds is 2. The Balaban J connectivity index is 1.76. The second kappa shape index (κ2) is 5.22. The summed E-state index contributed by atoms with van der Waals surface area (Å²) in [5.74, 6) is -0.263. The number of hydrogen-bond acceptors (Lipinski definition) is 3. The molecule has 21 heavy (non-hydrogen) atoms. The van der Waals surface area contributed by atoms with Gasteiger partial charge in [0, 0.05) is 6.54 Å². The molecule has 0 bridgehead atoms. The lowest BCUT2D eigenvalue weighted by molar-refractivity contribution is -0.274. The molecule has 0 saturated carbocycles. The number of alkyl halides is 3. The minimum Gasteiger partial charge on any atom is -0.406 e. The van der Waals surface area contributed by atoms with E-state index in [1.54, 1.807) is 12.1 Å². The maximum Gasteiger partial charge on any atom is 0.573 e. The molecular weight excluding hydrogens is 285 g/mol. The molecular formula is C14H15F3N2O2. The number of ether oxygens (including phenoxy) is 1. The number of carbonyl (C=O) groups is 1. The van der Waals surface area contributed by atoms with Crippen molar-refractivity contribution in [1.29, 1.82) is 0 Å². The predicted molar refractivity (Wildman–Crippen MR) is 68.4 cm³/mol. The summed E-state index contributed by atoms with van der Waals surface area (Å²) in [5.41, 5.74) is 0.766. The average Bonchev–Trinajstić information content (AvgIpc) is 2.76. The second-order valence-electron chi connectivity index (χ2n) is 5.28. The van der Waals surface area contributed by atoms with Gasteiger partial charge >= 0.3 is 6.36 Å². The number of halogens is 3. The van der Waals surface area contributed by atoms with E-state index < -0.39 is 6.36 Å². The van der Waals surface area contributed by atoms with Gasteiger partial charge in [0.05, 0.1) is 6.04 Å². The Bertz CT molecular complexity index is 530. The van der Waals surface area contributed by atoms with Crippen molar-refractivity contribution in [1.82, 2.24) is 10.2 Å². The van der Waals surface area contributed by atoms with E-state index in [1.807, 2.05) is 0 Å². The van der Waals surface area contributed by atoms with Gasteiger partial charge in [-0.15, -0.1) is 13.2 Å². The second-order valence-corrected chi connectivity index (χ2v) is 5.28. The Labute approximate surface area is 119 Å². The molecule has 2 aliphatic rings. The first kappa shape index (κ1) is 14.2. The van der Waals surface area contributed by atoms with E-state index in [9.17, 15) is 18.0 Å². The molecule has 4 nitrogen and oxygen atoms in total. The van der Waals surface area contributed by atoms with Gasteiger partial charge < -0.3 is 10.1 Å². The number of benzene rings is 1. The maximum atomic E-state index is 12.1. The van der Waals surface area contributed by atoms with Crippen LogP contribution in [0.1, 0.15) is 31.0 Å². The summed E-state index contributed by atoms with van der Waals surface area (Å²) in [6, 6.07) is 5.54. The minimum atomic E-state index is -4.69. The van der Waals surface area contributed by atoms with Crippen LogP contribution in [0.4, 0.5) is 13.2 Å². The van der Waals surface area contributed by atoms with Crippen molar-refractivity contribution in [2.75, 3.05) is 6.54 Å². The fraction of sp³-hybridized carbons (Fsp3) is 0.500. The Morgan fingerprint density at radius 2 is 1.90 bits per heavy atom. The van der Waals surface area contributed by atoms with Crippen LogP contribution in [-0.4, -0.2) is 29.8 Å². The highest BCUT2D eigenvalue weighted by Crippen LogP contribution is 2.33. The third kappa shape index (κ3) is 2.97. The van der Waals surface area contributed by atoms with Gasteiger partial charge in [0.15, 0.2) is 0 Å². The van der Waals surface area contributed by atoms with Crippen LogP contribution in [0, 0.1) is 0 Å². The zero-order valence-electron chi connectivity index (χ0n) is 11.2. The fourth-order valence-electron chi connectivity index (χ4n) is 2.98. The van der Waals surface area contributed by atoms with Crippen LogP contribution in [0.5, 0.6) is 5.75 Å². The van der Waals surface area contributed by atoms with Crippen molar-refractivity contribution in [3.8, 4) is 5.75 Å². The first-order valence-corrected chi connectivity index (χ1v) is 6.86. The summed E-state index contributed by atoms with van der Waals surface area (Å²) in [5, 5.41) is 2.90. The molecule has 1 aromatic rings. The highest BCUT2D eigenvalue weighted by Gasteiger charge is 2.41. The van der Waals surface area contributed by atoms with Gasteiger partial charge in [0.2, 0.25) is 5.91 Å². The van der Waals surface area contributed by atoms with Crippen LogP contribution < -0.4 is 10.1 Å². The molecule has 2 aliphatic heterocycles. The monoisotopic (exact) mass is 300 g/mol. The van der Waals surface area contributed by atoms with Gasteiger partial charge in [0.25, 0.3) is 0 Å². The molecule has 3 rings (SSSR count). The van der Waals surface area contributed by atoms with Crippen LogP contribution in [0.2, 0.25) is 0 Å². The summed E-state index contributed by atoms with van der Waals surface area (Å²) >= 11 is 0. The number of piperidine rings is 1. The van der Waals surface area contributed by atoms with Gasteiger partial charge in [-0.3, -0.25) is 9.69 Å². The third-order valence-corrected chi connectivity index (χ3v) is 3.89. The Kier molecular flexibility index (Phi) is 3.52. The van der Waals surface area contributed by atoms with Gasteiger partial charge in [-0.05, 0) is 30.5 Å². The number of amides is 1. The highest BCUT2D eigenvalue weighted by molar-refractivity contribution is 5.84. The number of carbonyl (C=O) groups excluding carboxylic acids is 1. The lowest BCUT2D eigenvalue weighted by Crippen LogP contribution is -2.38. The molecule has 2 unspecified atom stereocenters. The van der Waals surface area contributed by atoms with Crippen molar-refractivity contribution < 1.29 is 22.7 Å². The zero-order valence-corrected chi connectivity index (χ0v) is 11.2. The molecule has 2 atom stereocenters. The van der Waals surface area contributed by atoms with E-state index >= 15 is 0 Å². The maximum absolute atomic E-state index is 12.1. The lowest BCUT2D eigenvalue weighted by atomic mass is 10.0. The topological polar surface area (TPSA) is 41.6 Å². The number of nitrogens with zero attached hydrogens (tertiary/aromatic N) is 1. The van der Waals surface area contributed by atoms with Crippen molar-refractivity contribution in [2.45, 2.75) is 37.8 Å². The Hall–Kier alpha value is -1.76. The fourth-order valence-corrected chi connectivity index (χ4v) is 2.98. The lowest BCUT2D eigenvalue weighted by Gasteiger charge is -2.31. The van der Waals surface area contributed by atoms with E-state index in [-0.39, 0.29) is 23.9 Å². The molecule has 2 fully saturated rings. The van der Waals surface area contributed by atoms with E-state index in [0.29, 0.717) is 0 Å². The Morgan fingerprint density at radius 3 is 2.57 bits per heavy atom. The molecule has 1 aromatic carbocycles. The number of hydrogen-bond donors (Lipinski definition) is 1. The SMILES string of the molecule is O=C1NC(c2ccc(OC(F)(F)F)cc2)N2CCCCC12. The quantitative estimate of drug-likeness (QED) is 0.912. The van der Waals surface area contributed by atoms with Gasteiger partial charge in [-0.1, -0.05) is 18.6 Å². The molecule has 7 heteroatoms. The summed E-state index contributed by atoms with van der Waals surface area (Å²) in [7, 11) is 0. The molecule has 0 aliphatic carbocycles. The van der Waals surface area contributed by atoms with Crippen molar-refractivity contribution in [2.24, 2.45) is 0 Å². The number of fused-ring (bicyclic) bond motifs is 1. The summed E-state index contributed by atoms with van der Waals surface area (Å²) in [4.78, 5) is 14.0. The van der Waals surface area contributed by atoms with E-state index in [0.717, 1.165) is 31.4 Å². The normalized spacial score (nSPS) is 26.3. The highest BCUT2D eigenvalue weighted by atomic mass is 19.4. The zero-order chi connectivity index (χ0) is 15.0. The smallest absolute Gasteiger partial charge is 0.406 e. The van der Waals surface area contributed by atoms with Gasteiger partial charge in [-0.25, -0.2) is 0 Å². The molecule has 114 valence electrons. The van der Waals surface area contributed by atoms with Gasteiger partial charge in [-0.2, -0.15) is 0 Å². The van der Waals surface area contributed by atoms with E-state index in [2.05, 4.69) is 15.0 Å². The summed E-state index contributed by atoms with van der Waals surface area (Å²) < 4.78 is 40.2. The van der Waals surface area contributed by atoms with Crippen LogP contribution >= 0.6 is 0 Å². The Morgan fingerprint density at radius 1 is 1.19 bits per heavy atom. The molecule has 2 heterocycles. The first-order valence-electron chi connectivity index (χ1n) is 6.86. The molecule has 2 saturated heterocycles. The van der Waals surface area contributed by atoms with Crippen molar-refractivity contribution in [3.63, 3.8) is 0 Å². The van der Waals surface area contributed by atoms with Crippen LogP contribution in [0.3, 0.4) is 0 Å². The first-order chi connectivity index (χ1) is 9.94. The predicted octanol–water partition coefficient (Wildman–Crippen LogP) is 2.57. The third-order valence-electron chi connectivity index (χ3n) is 3.89. The summed E-state index contributed by atoms with van der Waals surface area (Å²) in [6.07, 6.45) is -2.07. The average molecular weight is 300 g/mol. The molecule has 1 amide bonds. The van der Waals surface area contributed by atoms with E-state index in [4.69, 9.17) is 0 Å².